The van der Waals surface area contributed by atoms with E-state index in [1.54, 1.807) is 6.20 Å². The Kier molecular flexibility index (Phi) is 3.98. The van der Waals surface area contributed by atoms with Gasteiger partial charge in [0.1, 0.15) is 0 Å². The molecule has 4 aromatic rings. The Morgan fingerprint density at radius 3 is 2.88 bits per heavy atom. The van der Waals surface area contributed by atoms with E-state index in [-0.39, 0.29) is 5.43 Å². The molecule has 6 heteroatoms. The van der Waals surface area contributed by atoms with Gasteiger partial charge in [0.15, 0.2) is 9.90 Å². The number of nitrogens with one attached hydrogen (secondary N) is 2. The first-order valence-corrected chi connectivity index (χ1v) is 9.12. The largest absolute Gasteiger partial charge is 0.378 e. The summed E-state index contributed by atoms with van der Waals surface area (Å²) in [7, 11) is 0. The second kappa shape index (κ2) is 6.17. The van der Waals surface area contributed by atoms with Crippen LogP contribution in [0.15, 0.2) is 41.3 Å². The monoisotopic (exact) mass is 369 g/mol. The maximum absolute atomic E-state index is 13.0. The van der Waals surface area contributed by atoms with Crippen LogP contribution in [0, 0.1) is 13.8 Å². The van der Waals surface area contributed by atoms with Crippen molar-refractivity contribution in [1.29, 1.82) is 0 Å². The number of para-hydroxylation sites is 1. The Morgan fingerprint density at radius 2 is 2.12 bits per heavy atom. The van der Waals surface area contributed by atoms with Crippen molar-refractivity contribution in [3.8, 4) is 0 Å². The molecule has 4 nitrogen and oxygen atoms in total. The van der Waals surface area contributed by atoms with E-state index in [0.29, 0.717) is 16.4 Å². The molecule has 2 aromatic carbocycles. The molecule has 0 atom stereocenters. The number of anilines is 1. The first-order chi connectivity index (χ1) is 12.0. The molecule has 2 heterocycles. The van der Waals surface area contributed by atoms with Gasteiger partial charge in [-0.25, -0.2) is 4.98 Å². The maximum atomic E-state index is 13.0. The minimum absolute atomic E-state index is 0.0609. The van der Waals surface area contributed by atoms with Crippen LogP contribution in [-0.2, 0) is 6.54 Å². The zero-order valence-corrected chi connectivity index (χ0v) is 15.4. The van der Waals surface area contributed by atoms with Crippen LogP contribution in [-0.4, -0.2) is 9.97 Å². The van der Waals surface area contributed by atoms with Crippen LogP contribution in [0.1, 0.15) is 16.0 Å². The van der Waals surface area contributed by atoms with Crippen LogP contribution < -0.4 is 10.7 Å². The van der Waals surface area contributed by atoms with E-state index in [1.165, 1.54) is 11.3 Å². The van der Waals surface area contributed by atoms with Gasteiger partial charge < -0.3 is 10.3 Å². The lowest BCUT2D eigenvalue weighted by Gasteiger charge is -2.11. The summed E-state index contributed by atoms with van der Waals surface area (Å²) in [6.45, 7) is 4.62. The van der Waals surface area contributed by atoms with Crippen LogP contribution in [0.25, 0.3) is 21.8 Å². The fourth-order valence-electron chi connectivity index (χ4n) is 3.21. The lowest BCUT2D eigenvalue weighted by atomic mass is 10.0. The summed E-state index contributed by atoms with van der Waals surface area (Å²) in [5.74, 6) is 0. The molecule has 0 aliphatic carbocycles. The van der Waals surface area contributed by atoms with Crippen molar-refractivity contribution in [2.45, 2.75) is 20.4 Å². The predicted octanol–water partition coefficient (Wildman–Crippen LogP) is 5.02. The number of aromatic amines is 1. The Bertz CT molecular complexity index is 1160. The molecule has 0 saturated heterocycles. The maximum Gasteiger partial charge on any atom is 0.197 e. The number of halogens is 1. The molecule has 0 unspecified atom stereocenters. The van der Waals surface area contributed by atoms with E-state index in [1.807, 2.05) is 44.2 Å². The summed E-state index contributed by atoms with van der Waals surface area (Å²) in [6.07, 6.45) is 1.76. The number of benzene rings is 2. The molecule has 0 aliphatic rings. The van der Waals surface area contributed by atoms with Crippen molar-refractivity contribution in [3.05, 3.63) is 67.2 Å². The van der Waals surface area contributed by atoms with Crippen molar-refractivity contribution >= 4 is 50.4 Å². The smallest absolute Gasteiger partial charge is 0.197 e. The van der Waals surface area contributed by atoms with Crippen molar-refractivity contribution in [2.75, 3.05) is 5.32 Å². The number of nitrogens with zero attached hydrogens (tertiary/aromatic N) is 1. The van der Waals surface area contributed by atoms with Gasteiger partial charge in [-0.05, 0) is 43.2 Å². The summed E-state index contributed by atoms with van der Waals surface area (Å²) in [5.41, 5.74) is 4.76. The standard InChI is InChI=1S/C19H16ClN3OS/c1-10-6-11(2)16-15(7-10)23-17-13(18(16)24)4-3-5-14(17)21-8-12-9-22-19(20)25-12/h3-7,9,21H,8H2,1-2H3,(H,23,24). The third-order valence-electron chi connectivity index (χ3n) is 4.25. The van der Waals surface area contributed by atoms with Gasteiger partial charge in [0.25, 0.3) is 0 Å². The Hall–Kier alpha value is -2.37. The molecule has 0 aliphatic heterocycles. The molecule has 25 heavy (non-hydrogen) atoms. The Morgan fingerprint density at radius 1 is 1.28 bits per heavy atom. The highest BCUT2D eigenvalue weighted by Gasteiger charge is 2.11. The number of H-pyrrole nitrogens is 1. The second-order valence-electron chi connectivity index (χ2n) is 6.12. The van der Waals surface area contributed by atoms with Crippen LogP contribution >= 0.6 is 22.9 Å². The number of hydrogen-bond acceptors (Lipinski definition) is 4. The van der Waals surface area contributed by atoms with E-state index in [4.69, 9.17) is 11.6 Å². The highest BCUT2D eigenvalue weighted by Crippen LogP contribution is 2.25. The van der Waals surface area contributed by atoms with Gasteiger partial charge in [-0.3, -0.25) is 4.79 Å². The van der Waals surface area contributed by atoms with E-state index < -0.39 is 0 Å². The van der Waals surface area contributed by atoms with Crippen molar-refractivity contribution in [1.82, 2.24) is 9.97 Å². The molecule has 2 N–H and O–H groups in total. The van der Waals surface area contributed by atoms with Crippen LogP contribution in [0.5, 0.6) is 0 Å². The third kappa shape index (κ3) is 2.90. The normalized spacial score (nSPS) is 11.3. The molecule has 0 fully saturated rings. The predicted molar refractivity (Wildman–Crippen MR) is 106 cm³/mol. The fraction of sp³-hybridized carbons (Fsp3) is 0.158. The minimum atomic E-state index is 0.0609. The van der Waals surface area contributed by atoms with Gasteiger partial charge in [0, 0.05) is 21.8 Å². The Balaban J connectivity index is 1.87. The summed E-state index contributed by atoms with van der Waals surface area (Å²) in [6, 6.07) is 9.79. The van der Waals surface area contributed by atoms with Crippen molar-refractivity contribution in [3.63, 3.8) is 0 Å². The van der Waals surface area contributed by atoms with Gasteiger partial charge in [-0.2, -0.15) is 0 Å². The molecule has 0 saturated carbocycles. The molecule has 4 rings (SSSR count). The summed E-state index contributed by atoms with van der Waals surface area (Å²) >= 11 is 7.33. The van der Waals surface area contributed by atoms with Gasteiger partial charge >= 0.3 is 0 Å². The number of aromatic nitrogens is 2. The Labute approximate surface area is 153 Å². The zero-order chi connectivity index (χ0) is 17.6. The first-order valence-electron chi connectivity index (χ1n) is 7.93. The van der Waals surface area contributed by atoms with Gasteiger partial charge in [0.2, 0.25) is 0 Å². The third-order valence-corrected chi connectivity index (χ3v) is 5.37. The van der Waals surface area contributed by atoms with Gasteiger partial charge in [0.05, 0.1) is 23.3 Å². The number of pyridine rings is 1. The fourth-order valence-corrected chi connectivity index (χ4v) is 4.13. The van der Waals surface area contributed by atoms with Crippen molar-refractivity contribution < 1.29 is 0 Å². The van der Waals surface area contributed by atoms with Crippen LogP contribution in [0.2, 0.25) is 4.47 Å². The average molecular weight is 370 g/mol. The quantitative estimate of drug-likeness (QED) is 0.498. The number of fused-ring (bicyclic) bond motifs is 2. The molecule has 0 amide bonds. The van der Waals surface area contributed by atoms with E-state index in [0.717, 1.165) is 38.1 Å². The van der Waals surface area contributed by atoms with E-state index >= 15 is 0 Å². The molecular weight excluding hydrogens is 354 g/mol. The number of thiazole rings is 1. The number of aryl methyl sites for hydroxylation is 2. The molecule has 0 spiro atoms. The SMILES string of the molecule is Cc1cc(C)c2c(=O)c3cccc(NCc4cnc(Cl)s4)c3[nH]c2c1. The summed E-state index contributed by atoms with van der Waals surface area (Å²) < 4.78 is 0.528. The average Bonchev–Trinajstić information content (AvgIpc) is 2.98. The number of rotatable bonds is 3. The highest BCUT2D eigenvalue weighted by molar-refractivity contribution is 7.15. The molecule has 0 radical (unpaired) electrons. The molecular formula is C19H16ClN3OS. The molecule has 2 aromatic heterocycles. The van der Waals surface area contributed by atoms with Crippen LogP contribution in [0.4, 0.5) is 5.69 Å². The highest BCUT2D eigenvalue weighted by atomic mass is 35.5. The summed E-state index contributed by atoms with van der Waals surface area (Å²) in [5, 5.41) is 4.82. The van der Waals surface area contributed by atoms with E-state index in [9.17, 15) is 4.79 Å². The second-order valence-corrected chi connectivity index (χ2v) is 7.82. The number of hydrogen-bond donors (Lipinski definition) is 2. The zero-order valence-electron chi connectivity index (χ0n) is 13.8. The lowest BCUT2D eigenvalue weighted by molar-refractivity contribution is 1.18. The van der Waals surface area contributed by atoms with Gasteiger partial charge in [-0.15, -0.1) is 11.3 Å². The molecule has 126 valence electrons. The van der Waals surface area contributed by atoms with E-state index in [2.05, 4.69) is 15.3 Å². The van der Waals surface area contributed by atoms with Crippen LogP contribution in [0.3, 0.4) is 0 Å². The van der Waals surface area contributed by atoms with Crippen molar-refractivity contribution in [2.24, 2.45) is 0 Å². The van der Waals surface area contributed by atoms with Gasteiger partial charge in [-0.1, -0.05) is 23.7 Å². The molecule has 0 bridgehead atoms. The minimum Gasteiger partial charge on any atom is -0.378 e. The summed E-state index contributed by atoms with van der Waals surface area (Å²) in [4.78, 5) is 21.5. The first kappa shape index (κ1) is 16.1. The lowest BCUT2D eigenvalue weighted by Crippen LogP contribution is -2.08. The topological polar surface area (TPSA) is 57.8 Å².